The summed E-state index contributed by atoms with van der Waals surface area (Å²) in [6.45, 7) is 4.62. The fourth-order valence-corrected chi connectivity index (χ4v) is 6.21. The van der Waals surface area contributed by atoms with Gasteiger partial charge in [0, 0.05) is 0 Å². The van der Waals surface area contributed by atoms with E-state index in [2.05, 4.69) is 38.1 Å². The highest BCUT2D eigenvalue weighted by Gasteiger charge is 2.24. The van der Waals surface area contributed by atoms with Crippen LogP contribution in [0.15, 0.2) is 24.3 Å². The van der Waals surface area contributed by atoms with Crippen molar-refractivity contribution in [3.05, 3.63) is 35.4 Å². The van der Waals surface area contributed by atoms with Crippen LogP contribution in [0.5, 0.6) is 0 Å². The zero-order valence-electron chi connectivity index (χ0n) is 20.3. The number of unbranched alkanes of at least 4 members (excludes halogenated alkanes) is 2. The van der Waals surface area contributed by atoms with E-state index in [0.717, 1.165) is 23.7 Å². The van der Waals surface area contributed by atoms with E-state index < -0.39 is 0 Å². The van der Waals surface area contributed by atoms with Gasteiger partial charge in [-0.05, 0) is 60.5 Å². The monoisotopic (exact) mass is 410 g/mol. The molecule has 0 N–H and O–H groups in total. The molecule has 0 nitrogen and oxygen atoms in total. The van der Waals surface area contributed by atoms with E-state index in [1.807, 2.05) is 0 Å². The van der Waals surface area contributed by atoms with Crippen molar-refractivity contribution in [2.45, 2.75) is 129 Å². The third-order valence-corrected chi connectivity index (χ3v) is 8.56. The van der Waals surface area contributed by atoms with Gasteiger partial charge in [-0.1, -0.05) is 128 Å². The van der Waals surface area contributed by atoms with Crippen molar-refractivity contribution in [1.82, 2.24) is 0 Å². The van der Waals surface area contributed by atoms with Gasteiger partial charge in [-0.25, -0.2) is 0 Å². The zero-order valence-corrected chi connectivity index (χ0v) is 20.3. The van der Waals surface area contributed by atoms with Crippen LogP contribution in [-0.4, -0.2) is 0 Å². The Hall–Kier alpha value is -0.780. The van der Waals surface area contributed by atoms with Crippen LogP contribution >= 0.6 is 0 Å². The van der Waals surface area contributed by atoms with Crippen LogP contribution in [0.3, 0.4) is 0 Å². The Balaban J connectivity index is 1.25. The van der Waals surface area contributed by atoms with E-state index in [-0.39, 0.29) is 0 Å². The lowest BCUT2D eigenvalue weighted by Gasteiger charge is -2.32. The Kier molecular flexibility index (Phi) is 10.8. The van der Waals surface area contributed by atoms with E-state index in [9.17, 15) is 0 Å². The fraction of sp³-hybridized carbons (Fsp3) is 0.800. The van der Waals surface area contributed by atoms with Crippen LogP contribution in [0.2, 0.25) is 0 Å². The molecule has 0 heterocycles. The second-order valence-corrected chi connectivity index (χ2v) is 11.0. The molecule has 2 fully saturated rings. The maximum Gasteiger partial charge on any atom is -0.0276 e. The van der Waals surface area contributed by atoms with Crippen LogP contribution in [0.4, 0.5) is 0 Å². The molecule has 0 unspecified atom stereocenters. The van der Waals surface area contributed by atoms with Gasteiger partial charge in [0.15, 0.2) is 0 Å². The minimum atomic E-state index is 0.995. The summed E-state index contributed by atoms with van der Waals surface area (Å²) in [5.41, 5.74) is 3.09. The van der Waals surface area contributed by atoms with Gasteiger partial charge in [-0.2, -0.15) is 0 Å². The molecule has 30 heavy (non-hydrogen) atoms. The molecule has 0 radical (unpaired) electrons. The second kappa shape index (κ2) is 13.6. The van der Waals surface area contributed by atoms with E-state index in [0.29, 0.717) is 0 Å². The molecule has 1 aromatic rings. The standard InChI is InChI=1S/C30H50/c1-3-5-7-25-9-13-27(14-10-25)17-19-29-21-23-30(24-22-29)20-18-28-15-11-26(12-16-28)8-6-4-2/h9-10,13-14,26,28-30H,3-8,11-12,15-24H2,1-2H3/t26-,28-,29-,30-. The number of hydrogen-bond donors (Lipinski definition) is 0. The molecule has 1 aromatic carbocycles. The molecule has 0 aromatic heterocycles. The molecule has 0 atom stereocenters. The average molecular weight is 411 g/mol. The molecular weight excluding hydrogens is 360 g/mol. The molecule has 0 saturated heterocycles. The molecule has 0 amide bonds. The second-order valence-electron chi connectivity index (χ2n) is 11.0. The molecule has 2 aliphatic rings. The summed E-state index contributed by atoms with van der Waals surface area (Å²) >= 11 is 0. The predicted molar refractivity (Wildman–Crippen MR) is 133 cm³/mol. The molecule has 2 saturated carbocycles. The largest absolute Gasteiger partial charge is 0.0654 e. The highest BCUT2D eigenvalue weighted by molar-refractivity contribution is 5.22. The van der Waals surface area contributed by atoms with Gasteiger partial charge in [-0.3, -0.25) is 0 Å². The Morgan fingerprint density at radius 2 is 0.900 bits per heavy atom. The van der Waals surface area contributed by atoms with Crippen LogP contribution in [0.1, 0.15) is 128 Å². The third-order valence-electron chi connectivity index (χ3n) is 8.56. The van der Waals surface area contributed by atoms with E-state index in [1.54, 1.807) is 24.8 Å². The maximum atomic E-state index is 2.40. The van der Waals surface area contributed by atoms with E-state index in [1.165, 1.54) is 102 Å². The quantitative estimate of drug-likeness (QED) is 0.322. The summed E-state index contributed by atoms with van der Waals surface area (Å²) in [5, 5.41) is 0. The molecule has 0 bridgehead atoms. The van der Waals surface area contributed by atoms with Crippen molar-refractivity contribution in [2.24, 2.45) is 23.7 Å². The van der Waals surface area contributed by atoms with Crippen LogP contribution in [0.25, 0.3) is 0 Å². The molecular formula is C30H50. The third kappa shape index (κ3) is 8.39. The first kappa shape index (κ1) is 23.9. The Morgan fingerprint density at radius 3 is 1.37 bits per heavy atom. The summed E-state index contributed by atoms with van der Waals surface area (Å²) in [5.74, 6) is 4.19. The average Bonchev–Trinajstić information content (AvgIpc) is 2.80. The number of rotatable bonds is 12. The minimum absolute atomic E-state index is 0.995. The van der Waals surface area contributed by atoms with E-state index in [4.69, 9.17) is 0 Å². The van der Waals surface area contributed by atoms with Crippen LogP contribution in [-0.2, 0) is 12.8 Å². The van der Waals surface area contributed by atoms with Crippen molar-refractivity contribution in [1.29, 1.82) is 0 Å². The number of benzene rings is 1. The Labute approximate surface area is 188 Å². The highest BCUT2D eigenvalue weighted by Crippen LogP contribution is 2.38. The lowest BCUT2D eigenvalue weighted by Crippen LogP contribution is -2.18. The minimum Gasteiger partial charge on any atom is -0.0654 e. The predicted octanol–water partition coefficient (Wildman–Crippen LogP) is 9.54. The van der Waals surface area contributed by atoms with Gasteiger partial charge in [-0.15, -0.1) is 0 Å². The summed E-state index contributed by atoms with van der Waals surface area (Å²) in [4.78, 5) is 0. The summed E-state index contributed by atoms with van der Waals surface area (Å²) < 4.78 is 0. The van der Waals surface area contributed by atoms with Crippen molar-refractivity contribution in [2.75, 3.05) is 0 Å². The molecule has 0 spiro atoms. The molecule has 170 valence electrons. The highest BCUT2D eigenvalue weighted by atomic mass is 14.3. The first-order valence-electron chi connectivity index (χ1n) is 13.8. The smallest absolute Gasteiger partial charge is 0.0276 e. The van der Waals surface area contributed by atoms with Crippen molar-refractivity contribution >= 4 is 0 Å². The molecule has 0 aliphatic heterocycles. The van der Waals surface area contributed by atoms with E-state index >= 15 is 0 Å². The summed E-state index contributed by atoms with van der Waals surface area (Å²) in [6.07, 6.45) is 26.2. The van der Waals surface area contributed by atoms with Crippen LogP contribution in [0, 0.1) is 23.7 Å². The topological polar surface area (TPSA) is 0 Å². The lowest BCUT2D eigenvalue weighted by molar-refractivity contribution is 0.209. The first-order valence-corrected chi connectivity index (χ1v) is 13.8. The fourth-order valence-electron chi connectivity index (χ4n) is 6.21. The normalized spacial score (nSPS) is 27.3. The lowest BCUT2D eigenvalue weighted by atomic mass is 9.74. The summed E-state index contributed by atoms with van der Waals surface area (Å²) in [7, 11) is 0. The number of aryl methyl sites for hydroxylation is 2. The molecule has 3 rings (SSSR count). The molecule has 2 aliphatic carbocycles. The molecule has 0 heteroatoms. The van der Waals surface area contributed by atoms with Crippen molar-refractivity contribution in [3.8, 4) is 0 Å². The Morgan fingerprint density at radius 1 is 0.500 bits per heavy atom. The van der Waals surface area contributed by atoms with Gasteiger partial charge >= 0.3 is 0 Å². The summed E-state index contributed by atoms with van der Waals surface area (Å²) in [6, 6.07) is 9.54. The number of hydrogen-bond acceptors (Lipinski definition) is 0. The van der Waals surface area contributed by atoms with Gasteiger partial charge in [0.1, 0.15) is 0 Å². The van der Waals surface area contributed by atoms with Gasteiger partial charge in [0.25, 0.3) is 0 Å². The van der Waals surface area contributed by atoms with Gasteiger partial charge in [0.05, 0.1) is 0 Å². The van der Waals surface area contributed by atoms with Crippen molar-refractivity contribution in [3.63, 3.8) is 0 Å². The van der Waals surface area contributed by atoms with Gasteiger partial charge in [0.2, 0.25) is 0 Å². The first-order chi connectivity index (χ1) is 14.8. The maximum absolute atomic E-state index is 2.40. The zero-order chi connectivity index (χ0) is 21.0. The SMILES string of the molecule is CCCCc1ccc(CC[C@H]2CC[C@H](CC[C@H]3CC[C@H](CCCC)CC3)CC2)cc1. The van der Waals surface area contributed by atoms with Crippen LogP contribution < -0.4 is 0 Å². The Bertz CT molecular complexity index is 540. The van der Waals surface area contributed by atoms with Crippen molar-refractivity contribution < 1.29 is 0 Å². The van der Waals surface area contributed by atoms with Gasteiger partial charge < -0.3 is 0 Å².